The first kappa shape index (κ1) is 18.3. The number of nitrogens with zero attached hydrogens (tertiary/aromatic N) is 2. The van der Waals surface area contributed by atoms with E-state index in [4.69, 9.17) is 4.74 Å². The average molecular weight is 392 g/mol. The second-order valence-electron chi connectivity index (χ2n) is 8.63. The average Bonchev–Trinajstić information content (AvgIpc) is 3.13. The minimum absolute atomic E-state index is 0.0262. The molecule has 0 radical (unpaired) electrons. The molecule has 0 spiro atoms. The Morgan fingerprint density at radius 1 is 1.28 bits per heavy atom. The van der Waals surface area contributed by atoms with Gasteiger partial charge >= 0.3 is 5.97 Å². The fourth-order valence-corrected chi connectivity index (χ4v) is 5.65. The van der Waals surface area contributed by atoms with Crippen LogP contribution in [0, 0.1) is 23.1 Å². The summed E-state index contributed by atoms with van der Waals surface area (Å²) in [5.41, 5.74) is 5.88. The Morgan fingerprint density at radius 3 is 2.83 bits per heavy atom. The van der Waals surface area contributed by atoms with E-state index in [1.165, 1.54) is 36.0 Å². The number of fused-ring (bicyclic) bond motifs is 4. The lowest BCUT2D eigenvalue weighted by Crippen LogP contribution is -2.41. The van der Waals surface area contributed by atoms with Crippen molar-refractivity contribution in [3.8, 4) is 5.69 Å². The molecule has 4 nitrogen and oxygen atoms in total. The van der Waals surface area contributed by atoms with Crippen molar-refractivity contribution in [2.24, 2.45) is 17.3 Å². The lowest BCUT2D eigenvalue weighted by Gasteiger charge is -2.48. The van der Waals surface area contributed by atoms with E-state index in [1.54, 1.807) is 12.1 Å². The predicted molar refractivity (Wildman–Crippen MR) is 109 cm³/mol. The van der Waals surface area contributed by atoms with Gasteiger partial charge in [-0.15, -0.1) is 0 Å². The molecule has 1 aromatic carbocycles. The summed E-state index contributed by atoms with van der Waals surface area (Å²) in [5, 5.41) is 4.60. The van der Waals surface area contributed by atoms with Crippen molar-refractivity contribution in [1.29, 1.82) is 0 Å². The van der Waals surface area contributed by atoms with Crippen molar-refractivity contribution >= 4 is 12.0 Å². The Bertz CT molecular complexity index is 1030. The molecule has 0 amide bonds. The fraction of sp³-hybridized carbons (Fsp3) is 0.417. The van der Waals surface area contributed by atoms with Crippen molar-refractivity contribution < 1.29 is 13.9 Å². The van der Waals surface area contributed by atoms with Crippen LogP contribution in [0.15, 0.2) is 47.7 Å². The lowest BCUT2D eigenvalue weighted by molar-refractivity contribution is -0.147. The summed E-state index contributed by atoms with van der Waals surface area (Å²) in [6.07, 6.45) is 11.2. The minimum Gasteiger partial charge on any atom is -0.469 e. The van der Waals surface area contributed by atoms with E-state index in [2.05, 4.69) is 24.2 Å². The monoisotopic (exact) mass is 392 g/mol. The number of ether oxygens (including phenoxy) is 1. The first-order valence-electron chi connectivity index (χ1n) is 10.3. The molecule has 1 saturated carbocycles. The third-order valence-corrected chi connectivity index (χ3v) is 7.11. The Kier molecular flexibility index (Phi) is 4.23. The molecule has 0 saturated heterocycles. The van der Waals surface area contributed by atoms with Gasteiger partial charge in [-0.1, -0.05) is 24.1 Å². The second-order valence-corrected chi connectivity index (χ2v) is 8.63. The molecule has 150 valence electrons. The highest BCUT2D eigenvalue weighted by Gasteiger charge is 2.48. The third-order valence-electron chi connectivity index (χ3n) is 7.11. The van der Waals surface area contributed by atoms with E-state index < -0.39 is 0 Å². The summed E-state index contributed by atoms with van der Waals surface area (Å²) in [6, 6.07) is 6.45. The summed E-state index contributed by atoms with van der Waals surface area (Å²) in [5.74, 6) is -0.0746. The number of methoxy groups -OCH3 is 1. The molecule has 5 rings (SSSR count). The zero-order valence-corrected chi connectivity index (χ0v) is 16.8. The van der Waals surface area contributed by atoms with E-state index in [9.17, 15) is 9.18 Å². The number of rotatable bonds is 2. The number of esters is 1. The number of carbonyl (C=O) groups is 1. The van der Waals surface area contributed by atoms with Gasteiger partial charge in [0.1, 0.15) is 5.82 Å². The van der Waals surface area contributed by atoms with Gasteiger partial charge in [-0.05, 0) is 73.9 Å². The van der Waals surface area contributed by atoms with Gasteiger partial charge < -0.3 is 4.74 Å². The van der Waals surface area contributed by atoms with Crippen LogP contribution >= 0.6 is 0 Å². The number of allylic oxidation sites excluding steroid dienone is 3. The minimum atomic E-state index is -0.247. The molecular weight excluding hydrogens is 367 g/mol. The van der Waals surface area contributed by atoms with Crippen molar-refractivity contribution in [3.05, 3.63) is 64.8 Å². The molecule has 3 aliphatic carbocycles. The van der Waals surface area contributed by atoms with Gasteiger partial charge in [0, 0.05) is 5.41 Å². The van der Waals surface area contributed by atoms with Gasteiger partial charge in [-0.3, -0.25) is 4.79 Å². The van der Waals surface area contributed by atoms with Crippen molar-refractivity contribution in [2.75, 3.05) is 7.11 Å². The van der Waals surface area contributed by atoms with Gasteiger partial charge in [-0.2, -0.15) is 5.10 Å². The SMILES string of the molecule is COC(=O)[C@H]1CCC=C2[C@@H]1CCC1=Cc3c(cnn3-c3ccc(F)cc3)C[C@@]12C. The van der Waals surface area contributed by atoms with E-state index in [0.29, 0.717) is 0 Å². The zero-order valence-electron chi connectivity index (χ0n) is 16.8. The molecular formula is C24H25FN2O2. The smallest absolute Gasteiger partial charge is 0.309 e. The second kappa shape index (κ2) is 6.68. The third kappa shape index (κ3) is 2.78. The van der Waals surface area contributed by atoms with E-state index in [-0.39, 0.29) is 29.0 Å². The van der Waals surface area contributed by atoms with Crippen molar-refractivity contribution in [2.45, 2.75) is 39.0 Å². The Morgan fingerprint density at radius 2 is 2.07 bits per heavy atom. The Labute approximate surface area is 170 Å². The maximum atomic E-state index is 13.3. The highest BCUT2D eigenvalue weighted by Crippen LogP contribution is 2.56. The first-order valence-corrected chi connectivity index (χ1v) is 10.3. The van der Waals surface area contributed by atoms with Crippen LogP contribution in [0.25, 0.3) is 11.8 Å². The van der Waals surface area contributed by atoms with Gasteiger partial charge in [0.25, 0.3) is 0 Å². The quantitative estimate of drug-likeness (QED) is 0.541. The van der Waals surface area contributed by atoms with Crippen molar-refractivity contribution in [1.82, 2.24) is 9.78 Å². The maximum absolute atomic E-state index is 13.3. The summed E-state index contributed by atoms with van der Waals surface area (Å²) in [4.78, 5) is 12.4. The van der Waals surface area contributed by atoms with Crippen LogP contribution in [0.3, 0.4) is 0 Å². The molecule has 0 aliphatic heterocycles. The Balaban J connectivity index is 1.54. The van der Waals surface area contributed by atoms with Crippen LogP contribution in [-0.2, 0) is 16.0 Å². The first-order chi connectivity index (χ1) is 14.0. The molecule has 1 aromatic heterocycles. The fourth-order valence-electron chi connectivity index (χ4n) is 5.65. The van der Waals surface area contributed by atoms with Gasteiger partial charge in [0.2, 0.25) is 0 Å². The van der Waals surface area contributed by atoms with Gasteiger partial charge in [0.05, 0.1) is 30.6 Å². The number of hydrogen-bond acceptors (Lipinski definition) is 3. The van der Waals surface area contributed by atoms with Crippen molar-refractivity contribution in [3.63, 3.8) is 0 Å². The number of carbonyl (C=O) groups excluding carboxylic acids is 1. The molecule has 0 bridgehead atoms. The Hall–Kier alpha value is -2.69. The molecule has 1 fully saturated rings. The molecule has 2 aromatic rings. The maximum Gasteiger partial charge on any atom is 0.309 e. The zero-order chi connectivity index (χ0) is 20.2. The molecule has 29 heavy (non-hydrogen) atoms. The highest BCUT2D eigenvalue weighted by atomic mass is 19.1. The summed E-state index contributed by atoms with van der Waals surface area (Å²) in [6.45, 7) is 2.31. The molecule has 3 aliphatic rings. The number of aromatic nitrogens is 2. The lowest BCUT2D eigenvalue weighted by atomic mass is 9.55. The molecule has 5 heteroatoms. The molecule has 0 unspecified atom stereocenters. The van der Waals surface area contributed by atoms with Gasteiger partial charge in [0.15, 0.2) is 0 Å². The van der Waals surface area contributed by atoms with Crippen LogP contribution in [0.1, 0.15) is 43.9 Å². The van der Waals surface area contributed by atoms with Crippen LogP contribution < -0.4 is 0 Å². The number of halogens is 1. The van der Waals surface area contributed by atoms with Crippen LogP contribution in [0.4, 0.5) is 4.39 Å². The van der Waals surface area contributed by atoms with Crippen LogP contribution in [0.2, 0.25) is 0 Å². The highest BCUT2D eigenvalue weighted by molar-refractivity contribution is 5.74. The summed E-state index contributed by atoms with van der Waals surface area (Å²) in [7, 11) is 1.49. The summed E-state index contributed by atoms with van der Waals surface area (Å²) >= 11 is 0. The number of benzene rings is 1. The standard InChI is InChI=1S/C24H25FN2O2/c1-24-13-15-14-26-27(18-9-7-17(25)8-10-18)22(15)12-16(24)6-11-19-20(23(28)29-2)4-3-5-21(19)24/h5,7-10,12,14,19-20H,3-4,6,11,13H2,1-2H3/t19-,20+,24+/m1/s1. The van der Waals surface area contributed by atoms with Gasteiger partial charge in [-0.25, -0.2) is 9.07 Å². The van der Waals surface area contributed by atoms with E-state index in [1.807, 2.05) is 10.9 Å². The topological polar surface area (TPSA) is 44.1 Å². The summed E-state index contributed by atoms with van der Waals surface area (Å²) < 4.78 is 20.3. The normalized spacial score (nSPS) is 27.8. The molecule has 3 atom stereocenters. The predicted octanol–water partition coefficient (Wildman–Crippen LogP) is 4.88. The van der Waals surface area contributed by atoms with Crippen LogP contribution in [-0.4, -0.2) is 22.9 Å². The van der Waals surface area contributed by atoms with Crippen LogP contribution in [0.5, 0.6) is 0 Å². The largest absolute Gasteiger partial charge is 0.469 e. The molecule has 0 N–H and O–H groups in total. The van der Waals surface area contributed by atoms with E-state index >= 15 is 0 Å². The molecule has 1 heterocycles. The van der Waals surface area contributed by atoms with E-state index in [0.717, 1.165) is 43.5 Å². The number of hydrogen-bond donors (Lipinski definition) is 0.